The predicted octanol–water partition coefficient (Wildman–Crippen LogP) is 2.01. The van der Waals surface area contributed by atoms with E-state index in [4.69, 9.17) is 9.90 Å². The van der Waals surface area contributed by atoms with Crippen molar-refractivity contribution >= 4 is 17.9 Å². The number of nitrogens with zero attached hydrogens (tertiary/aromatic N) is 3. The molecule has 1 spiro atoms. The Bertz CT molecular complexity index is 791. The Labute approximate surface area is 171 Å². The summed E-state index contributed by atoms with van der Waals surface area (Å²) < 4.78 is 31.7. The lowest BCUT2D eigenvalue weighted by molar-refractivity contribution is -0.192. The Hall–Kier alpha value is -2.85. The number of likely N-dealkylation sites (tertiary alicyclic amines) is 2. The van der Waals surface area contributed by atoms with Gasteiger partial charge in [0, 0.05) is 44.6 Å². The van der Waals surface area contributed by atoms with E-state index in [1.54, 1.807) is 6.20 Å². The van der Waals surface area contributed by atoms with Gasteiger partial charge in [0.1, 0.15) is 0 Å². The van der Waals surface area contributed by atoms with E-state index in [2.05, 4.69) is 10.3 Å². The van der Waals surface area contributed by atoms with E-state index in [1.165, 1.54) is 0 Å². The van der Waals surface area contributed by atoms with Crippen LogP contribution in [0.4, 0.5) is 18.0 Å². The second-order valence-corrected chi connectivity index (χ2v) is 7.82. The molecule has 3 aliphatic rings. The number of carbonyl (C=O) groups excluding carboxylic acids is 2. The van der Waals surface area contributed by atoms with Gasteiger partial charge in [-0.15, -0.1) is 0 Å². The van der Waals surface area contributed by atoms with Crippen molar-refractivity contribution < 1.29 is 32.7 Å². The van der Waals surface area contributed by atoms with Gasteiger partial charge in [-0.25, -0.2) is 9.59 Å². The highest BCUT2D eigenvalue weighted by Gasteiger charge is 2.53. The van der Waals surface area contributed by atoms with Crippen molar-refractivity contribution in [3.05, 3.63) is 30.1 Å². The topological polar surface area (TPSA) is 103 Å². The summed E-state index contributed by atoms with van der Waals surface area (Å²) in [7, 11) is 0. The molecule has 1 aromatic rings. The Balaban J connectivity index is 0.000000318. The van der Waals surface area contributed by atoms with Crippen molar-refractivity contribution in [2.75, 3.05) is 19.6 Å². The van der Waals surface area contributed by atoms with Crippen LogP contribution in [-0.2, 0) is 16.1 Å². The van der Waals surface area contributed by atoms with Crippen LogP contribution in [0.25, 0.3) is 0 Å². The van der Waals surface area contributed by atoms with Crippen molar-refractivity contribution in [2.45, 2.75) is 44.4 Å². The fourth-order valence-electron chi connectivity index (χ4n) is 3.59. The average Bonchev–Trinajstić information content (AvgIpc) is 3.52. The zero-order valence-corrected chi connectivity index (χ0v) is 16.2. The lowest BCUT2D eigenvalue weighted by Crippen LogP contribution is -2.64. The normalized spacial score (nSPS) is 20.2. The first-order valence-corrected chi connectivity index (χ1v) is 9.64. The number of piperidine rings is 1. The number of carboxylic acid groups (broad SMARTS) is 1. The minimum absolute atomic E-state index is 0.0429. The van der Waals surface area contributed by atoms with E-state index in [-0.39, 0.29) is 17.4 Å². The first-order valence-electron chi connectivity index (χ1n) is 9.64. The molecular formula is C19H23F3N4O4. The Morgan fingerprint density at radius 1 is 1.27 bits per heavy atom. The van der Waals surface area contributed by atoms with E-state index in [0.29, 0.717) is 25.7 Å². The van der Waals surface area contributed by atoms with Crippen molar-refractivity contribution in [2.24, 2.45) is 5.41 Å². The number of halogens is 3. The van der Waals surface area contributed by atoms with Gasteiger partial charge in [0.2, 0.25) is 5.91 Å². The summed E-state index contributed by atoms with van der Waals surface area (Å²) in [4.78, 5) is 41.4. The molecule has 11 heteroatoms. The number of hydrogen-bond donors (Lipinski definition) is 2. The Kier molecular flexibility index (Phi) is 6.18. The molecule has 4 rings (SSSR count). The maximum Gasteiger partial charge on any atom is 0.490 e. The molecule has 0 atom stereocenters. The van der Waals surface area contributed by atoms with Crippen LogP contribution in [0.2, 0.25) is 0 Å². The number of amides is 3. The smallest absolute Gasteiger partial charge is 0.475 e. The van der Waals surface area contributed by atoms with E-state index in [0.717, 1.165) is 37.8 Å². The Morgan fingerprint density at radius 2 is 1.90 bits per heavy atom. The van der Waals surface area contributed by atoms with Crippen molar-refractivity contribution in [1.29, 1.82) is 0 Å². The lowest BCUT2D eigenvalue weighted by atomic mass is 9.71. The SMILES string of the molecule is O=C(NC1CC1)N1CCC2(CC1)CN(Cc1cccnc1)C2=O.O=C(O)C(F)(F)F. The molecule has 1 aliphatic carbocycles. The van der Waals surface area contributed by atoms with E-state index >= 15 is 0 Å². The van der Waals surface area contributed by atoms with Gasteiger partial charge >= 0.3 is 18.2 Å². The molecule has 30 heavy (non-hydrogen) atoms. The van der Waals surface area contributed by atoms with Crippen LogP contribution >= 0.6 is 0 Å². The largest absolute Gasteiger partial charge is 0.490 e. The summed E-state index contributed by atoms with van der Waals surface area (Å²) in [6.07, 6.45) is 2.24. The number of aliphatic carboxylic acids is 1. The first-order chi connectivity index (χ1) is 14.1. The third-order valence-corrected chi connectivity index (χ3v) is 5.49. The zero-order valence-electron chi connectivity index (χ0n) is 16.2. The van der Waals surface area contributed by atoms with Crippen LogP contribution in [0.3, 0.4) is 0 Å². The first kappa shape index (κ1) is 21.8. The minimum atomic E-state index is -5.08. The van der Waals surface area contributed by atoms with Crippen molar-refractivity contribution in [3.8, 4) is 0 Å². The van der Waals surface area contributed by atoms with Crippen LogP contribution in [0.15, 0.2) is 24.5 Å². The maximum absolute atomic E-state index is 12.6. The quantitative estimate of drug-likeness (QED) is 0.717. The number of hydrogen-bond acceptors (Lipinski definition) is 4. The molecule has 3 amide bonds. The van der Waals surface area contributed by atoms with Gasteiger partial charge in [-0.1, -0.05) is 6.07 Å². The molecule has 2 aliphatic heterocycles. The molecule has 0 radical (unpaired) electrons. The summed E-state index contributed by atoms with van der Waals surface area (Å²) >= 11 is 0. The molecule has 0 unspecified atom stereocenters. The number of aromatic nitrogens is 1. The molecule has 2 N–H and O–H groups in total. The fourth-order valence-corrected chi connectivity index (χ4v) is 3.59. The molecular weight excluding hydrogens is 405 g/mol. The standard InChI is InChI=1S/C17H22N4O2.C2HF3O2/c22-15-17(12-21(15)11-13-2-1-7-18-10-13)5-8-20(9-6-17)16(23)19-14-3-4-14;3-2(4,5)1(6)7/h1-2,7,10,14H,3-6,8-9,11-12H2,(H,19,23);(H,6,7). The predicted molar refractivity (Wildman–Crippen MR) is 98.1 cm³/mol. The number of rotatable bonds is 3. The molecule has 3 fully saturated rings. The molecule has 3 heterocycles. The highest BCUT2D eigenvalue weighted by atomic mass is 19.4. The Morgan fingerprint density at radius 3 is 2.37 bits per heavy atom. The van der Waals surface area contributed by atoms with Gasteiger partial charge in [-0.3, -0.25) is 9.78 Å². The van der Waals surface area contributed by atoms with Gasteiger partial charge in [0.05, 0.1) is 5.41 Å². The van der Waals surface area contributed by atoms with E-state index < -0.39 is 12.1 Å². The molecule has 8 nitrogen and oxygen atoms in total. The van der Waals surface area contributed by atoms with E-state index in [1.807, 2.05) is 28.1 Å². The van der Waals surface area contributed by atoms with Crippen LogP contribution in [-0.4, -0.2) is 69.7 Å². The second kappa shape index (κ2) is 8.49. The number of nitrogens with one attached hydrogen (secondary N) is 1. The van der Waals surface area contributed by atoms with Crippen LogP contribution in [0.5, 0.6) is 0 Å². The molecule has 1 saturated carbocycles. The third kappa shape index (κ3) is 5.19. The maximum atomic E-state index is 12.6. The van der Waals surface area contributed by atoms with Crippen LogP contribution in [0, 0.1) is 5.41 Å². The summed E-state index contributed by atoms with van der Waals surface area (Å²) in [6.45, 7) is 2.81. The lowest BCUT2D eigenvalue weighted by Gasteiger charge is -2.52. The van der Waals surface area contributed by atoms with Gasteiger partial charge in [0.25, 0.3) is 0 Å². The molecule has 0 bridgehead atoms. The highest BCUT2D eigenvalue weighted by molar-refractivity contribution is 5.89. The zero-order chi connectivity index (χ0) is 21.9. The van der Waals surface area contributed by atoms with Gasteiger partial charge in [-0.2, -0.15) is 13.2 Å². The number of carboxylic acids is 1. The highest BCUT2D eigenvalue weighted by Crippen LogP contribution is 2.42. The third-order valence-electron chi connectivity index (χ3n) is 5.49. The fraction of sp³-hybridized carbons (Fsp3) is 0.579. The summed E-state index contributed by atoms with van der Waals surface area (Å²) in [5.41, 5.74) is 0.843. The second-order valence-electron chi connectivity index (χ2n) is 7.82. The number of alkyl halides is 3. The summed E-state index contributed by atoms with van der Waals surface area (Å²) in [5.74, 6) is -2.52. The monoisotopic (exact) mass is 428 g/mol. The van der Waals surface area contributed by atoms with Crippen molar-refractivity contribution in [1.82, 2.24) is 20.1 Å². The van der Waals surface area contributed by atoms with E-state index in [9.17, 15) is 22.8 Å². The van der Waals surface area contributed by atoms with Gasteiger partial charge in [-0.05, 0) is 37.3 Å². The number of carbonyl (C=O) groups is 3. The van der Waals surface area contributed by atoms with Gasteiger partial charge in [0.15, 0.2) is 0 Å². The molecule has 0 aromatic carbocycles. The summed E-state index contributed by atoms with van der Waals surface area (Å²) in [6, 6.07) is 4.32. The number of urea groups is 1. The van der Waals surface area contributed by atoms with Crippen molar-refractivity contribution in [3.63, 3.8) is 0 Å². The average molecular weight is 428 g/mol. The van der Waals surface area contributed by atoms with Crippen LogP contribution < -0.4 is 5.32 Å². The molecule has 1 aromatic heterocycles. The van der Waals surface area contributed by atoms with Crippen LogP contribution in [0.1, 0.15) is 31.2 Å². The number of β-lactam (4-membered cyclic amide) rings is 1. The number of pyridine rings is 1. The van der Waals surface area contributed by atoms with Gasteiger partial charge < -0.3 is 20.2 Å². The summed E-state index contributed by atoms with van der Waals surface area (Å²) in [5, 5.41) is 10.1. The minimum Gasteiger partial charge on any atom is -0.475 e. The molecule has 2 saturated heterocycles. The molecule has 164 valence electrons.